The molecule has 2 heterocycles. The number of furan rings is 2. The largest absolute Gasteiger partial charge is 0.478 e. The van der Waals surface area contributed by atoms with Gasteiger partial charge >= 0.3 is 5.97 Å². The Morgan fingerprint density at radius 2 is 1.57 bits per heavy atom. The van der Waals surface area contributed by atoms with Crippen molar-refractivity contribution in [3.8, 4) is 22.6 Å². The summed E-state index contributed by atoms with van der Waals surface area (Å²) in [5.74, 6) is 0.465. The third-order valence-electron chi connectivity index (χ3n) is 4.43. The zero-order valence-electron chi connectivity index (χ0n) is 15.5. The summed E-state index contributed by atoms with van der Waals surface area (Å²) >= 11 is 6.17. The molecule has 0 spiro atoms. The number of carboxylic acids is 1. The summed E-state index contributed by atoms with van der Waals surface area (Å²) in [6, 6.07) is 20.4. The van der Waals surface area contributed by atoms with Crippen LogP contribution < -0.4 is 0 Å². The molecule has 0 fully saturated rings. The van der Waals surface area contributed by atoms with E-state index < -0.39 is 5.97 Å². The van der Waals surface area contributed by atoms with Crippen molar-refractivity contribution in [1.82, 2.24) is 0 Å². The van der Waals surface area contributed by atoms with Crippen molar-refractivity contribution in [3.05, 3.63) is 101 Å². The molecule has 0 atom stereocenters. The Hall–Kier alpha value is -3.83. The topological polar surface area (TPSA) is 80.6 Å². The number of rotatable bonds is 6. The van der Waals surface area contributed by atoms with E-state index in [-0.39, 0.29) is 17.1 Å². The maximum atomic E-state index is 12.4. The molecule has 2 aromatic heterocycles. The Morgan fingerprint density at radius 1 is 0.833 bits per heavy atom. The van der Waals surface area contributed by atoms with Crippen molar-refractivity contribution in [1.29, 1.82) is 0 Å². The first kappa shape index (κ1) is 19.5. The van der Waals surface area contributed by atoms with Crippen LogP contribution in [0.5, 0.6) is 0 Å². The number of carbonyl (C=O) groups is 2. The molecule has 0 radical (unpaired) electrons. The van der Waals surface area contributed by atoms with Gasteiger partial charge in [-0.15, -0.1) is 0 Å². The van der Waals surface area contributed by atoms with E-state index in [4.69, 9.17) is 25.5 Å². The molecule has 4 rings (SSSR count). The van der Waals surface area contributed by atoms with E-state index in [1.807, 2.05) is 18.2 Å². The van der Waals surface area contributed by atoms with E-state index in [0.717, 1.165) is 5.56 Å². The van der Waals surface area contributed by atoms with E-state index in [2.05, 4.69) is 0 Å². The molecule has 6 heteroatoms. The van der Waals surface area contributed by atoms with Crippen LogP contribution in [0, 0.1) is 0 Å². The summed E-state index contributed by atoms with van der Waals surface area (Å²) in [5, 5.41) is 9.51. The molecular weight excluding hydrogens is 404 g/mol. The smallest absolute Gasteiger partial charge is 0.335 e. The van der Waals surface area contributed by atoms with Crippen LogP contribution in [-0.4, -0.2) is 16.9 Å². The highest BCUT2D eigenvalue weighted by Crippen LogP contribution is 2.29. The second-order valence-corrected chi connectivity index (χ2v) is 6.83. The first-order chi connectivity index (χ1) is 14.5. The van der Waals surface area contributed by atoms with Crippen LogP contribution in [0.3, 0.4) is 0 Å². The SMILES string of the molecule is O=C(O)c1ccc(-c2ccc(/C=C/C(=O)c3ccc(-c4ccccc4Cl)o3)o2)cc1. The van der Waals surface area contributed by atoms with E-state index in [9.17, 15) is 9.59 Å². The normalized spacial score (nSPS) is 11.1. The minimum atomic E-state index is -0.987. The minimum absolute atomic E-state index is 0.192. The summed E-state index contributed by atoms with van der Waals surface area (Å²) in [6.07, 6.45) is 2.92. The standard InChI is InChI=1S/C24H15ClO5/c25-19-4-2-1-3-18(19)22-13-14-23(30-22)20(26)11-9-17-10-12-21(29-17)15-5-7-16(8-6-15)24(27)28/h1-14H,(H,27,28)/b11-9+. The van der Waals surface area contributed by atoms with Crippen LogP contribution in [0.1, 0.15) is 26.7 Å². The summed E-state index contributed by atoms with van der Waals surface area (Å²) < 4.78 is 11.4. The average molecular weight is 419 g/mol. The van der Waals surface area contributed by atoms with Gasteiger partial charge in [0.2, 0.25) is 5.78 Å². The lowest BCUT2D eigenvalue weighted by atomic mass is 10.1. The lowest BCUT2D eigenvalue weighted by Gasteiger charge is -1.99. The monoisotopic (exact) mass is 418 g/mol. The molecule has 0 amide bonds. The van der Waals surface area contributed by atoms with Gasteiger partial charge in [0.25, 0.3) is 0 Å². The van der Waals surface area contributed by atoms with Gasteiger partial charge < -0.3 is 13.9 Å². The molecule has 0 aliphatic heterocycles. The number of carboxylic acid groups (broad SMARTS) is 1. The van der Waals surface area contributed by atoms with Gasteiger partial charge in [-0.3, -0.25) is 4.79 Å². The second kappa shape index (κ2) is 8.27. The molecule has 0 unspecified atom stereocenters. The van der Waals surface area contributed by atoms with Crippen molar-refractivity contribution >= 4 is 29.4 Å². The maximum Gasteiger partial charge on any atom is 0.335 e. The van der Waals surface area contributed by atoms with Crippen LogP contribution >= 0.6 is 11.6 Å². The first-order valence-corrected chi connectivity index (χ1v) is 9.40. The fraction of sp³-hybridized carbons (Fsp3) is 0. The highest BCUT2D eigenvalue weighted by molar-refractivity contribution is 6.33. The quantitative estimate of drug-likeness (QED) is 0.287. The number of hydrogen-bond donors (Lipinski definition) is 1. The summed E-state index contributed by atoms with van der Waals surface area (Å²) in [5.41, 5.74) is 1.65. The number of ketones is 1. The fourth-order valence-electron chi connectivity index (χ4n) is 2.89. The third kappa shape index (κ3) is 4.11. The Kier molecular flexibility index (Phi) is 5.37. The van der Waals surface area contributed by atoms with E-state index in [1.54, 1.807) is 48.5 Å². The van der Waals surface area contributed by atoms with E-state index in [1.165, 1.54) is 18.2 Å². The van der Waals surface area contributed by atoms with E-state index >= 15 is 0 Å². The van der Waals surface area contributed by atoms with Crippen LogP contribution in [0.15, 0.2) is 87.7 Å². The second-order valence-electron chi connectivity index (χ2n) is 6.43. The lowest BCUT2D eigenvalue weighted by molar-refractivity contribution is 0.0696. The van der Waals surface area contributed by atoms with Gasteiger partial charge in [-0.2, -0.15) is 0 Å². The van der Waals surface area contributed by atoms with Gasteiger partial charge in [0, 0.05) is 11.1 Å². The molecule has 1 N–H and O–H groups in total. The number of allylic oxidation sites excluding steroid dienone is 1. The molecule has 0 bridgehead atoms. The van der Waals surface area contributed by atoms with Gasteiger partial charge in [0.05, 0.1) is 10.6 Å². The summed E-state index contributed by atoms with van der Waals surface area (Å²) in [6.45, 7) is 0. The number of aromatic carboxylic acids is 1. The number of benzene rings is 2. The highest BCUT2D eigenvalue weighted by atomic mass is 35.5. The Balaban J connectivity index is 1.48. The Bertz CT molecular complexity index is 1240. The molecule has 0 aliphatic rings. The summed E-state index contributed by atoms with van der Waals surface area (Å²) in [4.78, 5) is 23.4. The van der Waals surface area contributed by atoms with Crippen LogP contribution in [0.2, 0.25) is 5.02 Å². The van der Waals surface area contributed by atoms with Crippen molar-refractivity contribution in [2.75, 3.05) is 0 Å². The Morgan fingerprint density at radius 3 is 2.30 bits per heavy atom. The molecule has 0 aliphatic carbocycles. The van der Waals surface area contributed by atoms with Gasteiger partial charge in [-0.05, 0) is 60.7 Å². The Labute approximate surface area is 176 Å². The summed E-state index contributed by atoms with van der Waals surface area (Å²) in [7, 11) is 0. The van der Waals surface area contributed by atoms with Gasteiger partial charge in [-0.25, -0.2) is 4.79 Å². The molecular formula is C24H15ClO5. The molecule has 0 saturated heterocycles. The average Bonchev–Trinajstić information content (AvgIpc) is 3.42. The van der Waals surface area contributed by atoms with E-state index in [0.29, 0.717) is 27.9 Å². The molecule has 5 nitrogen and oxygen atoms in total. The van der Waals surface area contributed by atoms with Crippen molar-refractivity contribution in [3.63, 3.8) is 0 Å². The van der Waals surface area contributed by atoms with Gasteiger partial charge in [0.1, 0.15) is 17.3 Å². The van der Waals surface area contributed by atoms with Gasteiger partial charge in [-0.1, -0.05) is 35.9 Å². The highest BCUT2D eigenvalue weighted by Gasteiger charge is 2.12. The predicted molar refractivity (Wildman–Crippen MR) is 114 cm³/mol. The fourth-order valence-corrected chi connectivity index (χ4v) is 3.12. The van der Waals surface area contributed by atoms with Crippen molar-refractivity contribution in [2.24, 2.45) is 0 Å². The van der Waals surface area contributed by atoms with Crippen LogP contribution in [0.25, 0.3) is 28.7 Å². The number of halogens is 1. The molecule has 0 saturated carbocycles. The van der Waals surface area contributed by atoms with Crippen molar-refractivity contribution < 1.29 is 23.5 Å². The predicted octanol–water partition coefficient (Wildman–Crippen LogP) is 6.45. The lowest BCUT2D eigenvalue weighted by Crippen LogP contribution is -1.94. The van der Waals surface area contributed by atoms with Crippen molar-refractivity contribution in [2.45, 2.75) is 0 Å². The number of hydrogen-bond acceptors (Lipinski definition) is 4. The third-order valence-corrected chi connectivity index (χ3v) is 4.76. The van der Waals surface area contributed by atoms with Gasteiger partial charge in [0.15, 0.2) is 5.76 Å². The van der Waals surface area contributed by atoms with Crippen LogP contribution in [-0.2, 0) is 0 Å². The minimum Gasteiger partial charge on any atom is -0.478 e. The zero-order valence-corrected chi connectivity index (χ0v) is 16.3. The maximum absolute atomic E-state index is 12.4. The number of carbonyl (C=O) groups excluding carboxylic acids is 1. The molecule has 148 valence electrons. The molecule has 30 heavy (non-hydrogen) atoms. The molecule has 4 aromatic rings. The zero-order chi connectivity index (χ0) is 21.1. The van der Waals surface area contributed by atoms with Crippen LogP contribution in [0.4, 0.5) is 0 Å². The first-order valence-electron chi connectivity index (χ1n) is 9.02. The molecule has 2 aromatic carbocycles.